The van der Waals surface area contributed by atoms with Crippen LogP contribution in [0.1, 0.15) is 11.6 Å². The second-order valence-corrected chi connectivity index (χ2v) is 10.00. The topological polar surface area (TPSA) is 130 Å². The molecular weight excluding hydrogens is 485 g/mol. The summed E-state index contributed by atoms with van der Waals surface area (Å²) in [5.41, 5.74) is 2.97. The van der Waals surface area contributed by atoms with Crippen molar-refractivity contribution < 1.29 is 17.0 Å². The molecular formula is C25H18FN5O4S. The van der Waals surface area contributed by atoms with E-state index in [0.29, 0.717) is 68.4 Å². The van der Waals surface area contributed by atoms with Crippen LogP contribution in [0.15, 0.2) is 58.5 Å². The standard InChI is InChI=1S/C25H18FN5O4S/c1-35-22-7-19-21(6-18(22)14-5-16(12-28-9-14)36(26,33)34)31(15-10-29-11-15)25-23(24(19)32)17-3-2-13(8-27)4-20(17)30-25/h2-7,9,12,15,29-30H,10-11H2,1H3. The fraction of sp³-hybridized carbons (Fsp3) is 0.160. The monoisotopic (exact) mass is 503 g/mol. The van der Waals surface area contributed by atoms with Crippen molar-refractivity contribution in [2.45, 2.75) is 10.9 Å². The zero-order valence-electron chi connectivity index (χ0n) is 18.9. The van der Waals surface area contributed by atoms with Gasteiger partial charge in [-0.15, -0.1) is 3.89 Å². The van der Waals surface area contributed by atoms with Gasteiger partial charge in [0.2, 0.25) is 0 Å². The number of nitrogens with zero attached hydrogens (tertiary/aromatic N) is 3. The Morgan fingerprint density at radius 1 is 1.17 bits per heavy atom. The van der Waals surface area contributed by atoms with Gasteiger partial charge in [0.05, 0.1) is 41.1 Å². The van der Waals surface area contributed by atoms with Crippen molar-refractivity contribution in [2.24, 2.45) is 0 Å². The van der Waals surface area contributed by atoms with Gasteiger partial charge < -0.3 is 19.6 Å². The van der Waals surface area contributed by atoms with Crippen LogP contribution in [0.25, 0.3) is 44.0 Å². The normalized spacial score (nSPS) is 14.2. The Balaban J connectivity index is 1.74. The van der Waals surface area contributed by atoms with Crippen molar-refractivity contribution in [3.63, 3.8) is 0 Å². The van der Waals surface area contributed by atoms with Gasteiger partial charge in [-0.25, -0.2) is 0 Å². The van der Waals surface area contributed by atoms with Crippen LogP contribution in [0.4, 0.5) is 3.89 Å². The lowest BCUT2D eigenvalue weighted by molar-refractivity contribution is 0.357. The minimum absolute atomic E-state index is 0.0380. The van der Waals surface area contributed by atoms with E-state index in [1.807, 2.05) is 4.57 Å². The fourth-order valence-corrected chi connectivity index (χ4v) is 5.25. The summed E-state index contributed by atoms with van der Waals surface area (Å²) in [6.07, 6.45) is 2.35. The Kier molecular flexibility index (Phi) is 4.86. The number of aromatic nitrogens is 3. The van der Waals surface area contributed by atoms with Crippen LogP contribution in [0.5, 0.6) is 5.75 Å². The lowest BCUT2D eigenvalue weighted by atomic mass is 10.0. The number of ether oxygens (including phenoxy) is 1. The molecule has 0 radical (unpaired) electrons. The van der Waals surface area contributed by atoms with Crippen LogP contribution in [-0.2, 0) is 10.2 Å². The molecule has 180 valence electrons. The fourth-order valence-electron chi connectivity index (χ4n) is 4.80. The van der Waals surface area contributed by atoms with E-state index in [-0.39, 0.29) is 11.5 Å². The van der Waals surface area contributed by atoms with Gasteiger partial charge in [-0.2, -0.15) is 13.7 Å². The molecule has 4 heterocycles. The Morgan fingerprint density at radius 2 is 1.97 bits per heavy atom. The van der Waals surface area contributed by atoms with Crippen molar-refractivity contribution >= 4 is 43.1 Å². The number of benzene rings is 2. The van der Waals surface area contributed by atoms with Gasteiger partial charge in [0, 0.05) is 47.5 Å². The second kappa shape index (κ2) is 7.87. The molecule has 0 atom stereocenters. The van der Waals surface area contributed by atoms with Gasteiger partial charge in [-0.3, -0.25) is 9.78 Å². The van der Waals surface area contributed by atoms with Crippen molar-refractivity contribution in [1.29, 1.82) is 5.26 Å². The van der Waals surface area contributed by atoms with Gasteiger partial charge in [-0.1, -0.05) is 6.07 Å². The average molecular weight is 504 g/mol. The molecule has 0 spiro atoms. The summed E-state index contributed by atoms with van der Waals surface area (Å²) in [4.78, 5) is 20.4. The molecule has 0 aliphatic carbocycles. The van der Waals surface area contributed by atoms with Crippen LogP contribution >= 0.6 is 0 Å². The zero-order valence-corrected chi connectivity index (χ0v) is 19.7. The van der Waals surface area contributed by atoms with Crippen LogP contribution in [0.3, 0.4) is 0 Å². The Hall–Kier alpha value is -4.27. The van der Waals surface area contributed by atoms with Gasteiger partial charge in [0.15, 0.2) is 5.43 Å². The zero-order chi connectivity index (χ0) is 25.2. The number of fused-ring (bicyclic) bond motifs is 4. The SMILES string of the molecule is COc1cc2c(=O)c3c4ccc(C#N)cc4[nH]c3n(C3CNC3)c2cc1-c1cncc(S(=O)(=O)F)c1. The number of nitrogens with one attached hydrogen (secondary N) is 2. The quantitative estimate of drug-likeness (QED) is 0.360. The molecule has 2 N–H and O–H groups in total. The Morgan fingerprint density at radius 3 is 2.64 bits per heavy atom. The smallest absolute Gasteiger partial charge is 0.333 e. The van der Waals surface area contributed by atoms with Crippen molar-refractivity contribution in [3.8, 4) is 22.9 Å². The summed E-state index contributed by atoms with van der Waals surface area (Å²) in [6, 6.07) is 11.9. The molecule has 0 bridgehead atoms. The molecule has 2 aromatic carbocycles. The molecule has 0 unspecified atom stereocenters. The third-order valence-corrected chi connectivity index (χ3v) is 7.41. The first-order valence-corrected chi connectivity index (χ1v) is 12.4. The number of pyridine rings is 2. The van der Waals surface area contributed by atoms with Gasteiger partial charge in [0.1, 0.15) is 16.3 Å². The highest BCUT2D eigenvalue weighted by Crippen LogP contribution is 2.37. The largest absolute Gasteiger partial charge is 0.496 e. The first kappa shape index (κ1) is 22.2. The summed E-state index contributed by atoms with van der Waals surface area (Å²) in [6.45, 7) is 1.37. The molecule has 3 aromatic heterocycles. The summed E-state index contributed by atoms with van der Waals surface area (Å²) in [7, 11) is -3.52. The summed E-state index contributed by atoms with van der Waals surface area (Å²) < 4.78 is 44.3. The minimum atomic E-state index is -4.96. The van der Waals surface area contributed by atoms with Gasteiger partial charge >= 0.3 is 10.2 Å². The van der Waals surface area contributed by atoms with E-state index in [0.717, 1.165) is 6.20 Å². The molecule has 1 saturated heterocycles. The predicted octanol–water partition coefficient (Wildman–Crippen LogP) is 3.38. The van der Waals surface area contributed by atoms with Gasteiger partial charge in [-0.05, 0) is 30.3 Å². The van der Waals surface area contributed by atoms with Crippen LogP contribution < -0.4 is 15.5 Å². The van der Waals surface area contributed by atoms with Crippen LogP contribution in [-0.4, -0.2) is 43.2 Å². The number of hydrogen-bond donors (Lipinski definition) is 2. The van der Waals surface area contributed by atoms with Crippen molar-refractivity contribution in [1.82, 2.24) is 19.9 Å². The minimum Gasteiger partial charge on any atom is -0.496 e. The first-order chi connectivity index (χ1) is 17.3. The third-order valence-electron chi connectivity index (χ3n) is 6.63. The molecule has 36 heavy (non-hydrogen) atoms. The highest BCUT2D eigenvalue weighted by molar-refractivity contribution is 7.86. The number of halogens is 1. The molecule has 5 aromatic rings. The first-order valence-electron chi connectivity index (χ1n) is 11.0. The predicted molar refractivity (Wildman–Crippen MR) is 132 cm³/mol. The average Bonchev–Trinajstić information content (AvgIpc) is 3.22. The van der Waals surface area contributed by atoms with Crippen LogP contribution in [0, 0.1) is 11.3 Å². The van der Waals surface area contributed by atoms with E-state index in [1.165, 1.54) is 19.4 Å². The molecule has 1 aliphatic heterocycles. The molecule has 0 amide bonds. The highest BCUT2D eigenvalue weighted by atomic mass is 32.3. The number of aromatic amines is 1. The van der Waals surface area contributed by atoms with E-state index in [9.17, 15) is 22.4 Å². The van der Waals surface area contributed by atoms with E-state index >= 15 is 0 Å². The lowest BCUT2D eigenvalue weighted by Crippen LogP contribution is -2.44. The number of rotatable bonds is 4. The second-order valence-electron chi connectivity index (χ2n) is 8.65. The maximum Gasteiger partial charge on any atom is 0.333 e. The maximum absolute atomic E-state index is 13.8. The number of H-pyrrole nitrogens is 1. The van der Waals surface area contributed by atoms with E-state index in [1.54, 1.807) is 30.3 Å². The van der Waals surface area contributed by atoms with Gasteiger partial charge in [0.25, 0.3) is 0 Å². The Bertz CT molecular complexity index is 1930. The van der Waals surface area contributed by atoms with Crippen molar-refractivity contribution in [3.05, 3.63) is 64.6 Å². The summed E-state index contributed by atoms with van der Waals surface area (Å²) in [5, 5.41) is 14.2. The maximum atomic E-state index is 13.8. The molecule has 11 heteroatoms. The number of nitriles is 1. The van der Waals surface area contributed by atoms with Crippen molar-refractivity contribution in [2.75, 3.05) is 20.2 Å². The highest BCUT2D eigenvalue weighted by Gasteiger charge is 2.26. The van der Waals surface area contributed by atoms with E-state index < -0.39 is 15.1 Å². The summed E-state index contributed by atoms with van der Waals surface area (Å²) in [5.74, 6) is 0.319. The van der Waals surface area contributed by atoms with Crippen LogP contribution in [0.2, 0.25) is 0 Å². The Labute approximate surface area is 204 Å². The van der Waals surface area contributed by atoms with E-state index in [2.05, 4.69) is 21.4 Å². The molecule has 1 fully saturated rings. The number of methoxy groups -OCH3 is 1. The molecule has 1 aliphatic rings. The molecule has 9 nitrogen and oxygen atoms in total. The lowest BCUT2D eigenvalue weighted by Gasteiger charge is -2.32. The molecule has 0 saturated carbocycles. The third kappa shape index (κ3) is 3.26. The van der Waals surface area contributed by atoms with E-state index in [4.69, 9.17) is 4.74 Å². The summed E-state index contributed by atoms with van der Waals surface area (Å²) >= 11 is 0. The molecule has 6 rings (SSSR count). The number of hydrogen-bond acceptors (Lipinski definition) is 7.